The minimum atomic E-state index is 0.640. The van der Waals surface area contributed by atoms with Crippen LogP contribution in [0, 0.1) is 0 Å². The normalized spacial score (nSPS) is 10.1. The molecule has 2 aromatic rings. The van der Waals surface area contributed by atoms with Gasteiger partial charge < -0.3 is 5.43 Å². The van der Waals surface area contributed by atoms with Crippen LogP contribution in [0.4, 0.5) is 5.69 Å². The number of aromatic amines is 1. The second kappa shape index (κ2) is 3.69. The molecule has 0 aliphatic carbocycles. The second-order valence-electron chi connectivity index (χ2n) is 2.80. The minimum absolute atomic E-state index is 0.640. The summed E-state index contributed by atoms with van der Waals surface area (Å²) in [5.41, 5.74) is 5.20. The topological polar surface area (TPSA) is 66.7 Å². The van der Waals surface area contributed by atoms with Crippen LogP contribution in [0.3, 0.4) is 0 Å². The Labute approximate surface area is 86.0 Å². The molecular formula is C9H9ClN4. The summed E-state index contributed by atoms with van der Waals surface area (Å²) in [5, 5.41) is 7.37. The van der Waals surface area contributed by atoms with Crippen LogP contribution in [0.1, 0.15) is 0 Å². The fraction of sp³-hybridized carbons (Fsp3) is 0. The molecule has 0 atom stereocenters. The molecule has 0 saturated heterocycles. The maximum Gasteiger partial charge on any atom is 0.0671 e. The van der Waals surface area contributed by atoms with Gasteiger partial charge in [-0.2, -0.15) is 5.10 Å². The number of hydrogen-bond donors (Lipinski definition) is 3. The van der Waals surface area contributed by atoms with Crippen molar-refractivity contribution in [2.45, 2.75) is 0 Å². The number of hydrazine groups is 1. The van der Waals surface area contributed by atoms with Crippen LogP contribution < -0.4 is 11.3 Å². The third kappa shape index (κ3) is 1.57. The van der Waals surface area contributed by atoms with Gasteiger partial charge in [-0.05, 0) is 24.3 Å². The van der Waals surface area contributed by atoms with E-state index in [1.54, 1.807) is 18.3 Å². The number of hydrogen-bond acceptors (Lipinski definition) is 3. The van der Waals surface area contributed by atoms with Crippen molar-refractivity contribution in [2.75, 3.05) is 5.43 Å². The van der Waals surface area contributed by atoms with Gasteiger partial charge in [0.1, 0.15) is 0 Å². The average Bonchev–Trinajstić information content (AvgIpc) is 2.70. The first-order valence-corrected chi connectivity index (χ1v) is 4.45. The number of rotatable bonds is 2. The number of H-pyrrole nitrogens is 1. The van der Waals surface area contributed by atoms with Crippen LogP contribution in [-0.4, -0.2) is 10.2 Å². The molecule has 1 aromatic carbocycles. The quantitative estimate of drug-likeness (QED) is 0.523. The Morgan fingerprint density at radius 1 is 1.36 bits per heavy atom. The molecule has 1 aromatic heterocycles. The zero-order valence-corrected chi connectivity index (χ0v) is 8.05. The Morgan fingerprint density at radius 2 is 2.21 bits per heavy atom. The van der Waals surface area contributed by atoms with E-state index in [1.165, 1.54) is 0 Å². The van der Waals surface area contributed by atoms with Gasteiger partial charge in [0.05, 0.1) is 11.4 Å². The summed E-state index contributed by atoms with van der Waals surface area (Å²) in [7, 11) is 0. The van der Waals surface area contributed by atoms with Crippen LogP contribution in [0.15, 0.2) is 30.5 Å². The van der Waals surface area contributed by atoms with Gasteiger partial charge in [-0.15, -0.1) is 0 Å². The summed E-state index contributed by atoms with van der Waals surface area (Å²) in [5.74, 6) is 5.38. The van der Waals surface area contributed by atoms with Crippen LogP contribution in [-0.2, 0) is 0 Å². The lowest BCUT2D eigenvalue weighted by Gasteiger charge is -2.06. The highest BCUT2D eigenvalue weighted by molar-refractivity contribution is 6.31. The third-order valence-corrected chi connectivity index (χ3v) is 2.16. The Bertz CT molecular complexity index is 424. The molecular weight excluding hydrogens is 200 g/mol. The molecule has 0 aliphatic heterocycles. The van der Waals surface area contributed by atoms with E-state index in [0.717, 1.165) is 16.9 Å². The molecule has 4 N–H and O–H groups in total. The molecule has 1 heterocycles. The zero-order valence-electron chi connectivity index (χ0n) is 7.29. The standard InChI is InChI=1S/C9H9ClN4/c10-6-1-2-7(9(5-6)13-11)8-3-4-12-14-8/h1-5,13H,11H2,(H,12,14). The molecule has 14 heavy (non-hydrogen) atoms. The van der Waals surface area contributed by atoms with Gasteiger partial charge in [-0.3, -0.25) is 10.9 Å². The first-order chi connectivity index (χ1) is 6.81. The maximum atomic E-state index is 5.84. The number of nitrogens with one attached hydrogen (secondary N) is 2. The average molecular weight is 209 g/mol. The van der Waals surface area contributed by atoms with E-state index in [9.17, 15) is 0 Å². The number of nitrogen functional groups attached to an aromatic ring is 1. The molecule has 72 valence electrons. The second-order valence-corrected chi connectivity index (χ2v) is 3.24. The van der Waals surface area contributed by atoms with Gasteiger partial charge in [0.2, 0.25) is 0 Å². The lowest BCUT2D eigenvalue weighted by molar-refractivity contribution is 1.09. The molecule has 0 bridgehead atoms. The Hall–Kier alpha value is -1.52. The van der Waals surface area contributed by atoms with Gasteiger partial charge >= 0.3 is 0 Å². The SMILES string of the molecule is NNc1cc(Cl)ccc1-c1ccn[nH]1. The Balaban J connectivity index is 2.53. The largest absolute Gasteiger partial charge is 0.323 e. The number of halogens is 1. The molecule has 2 rings (SSSR count). The summed E-state index contributed by atoms with van der Waals surface area (Å²) in [6.07, 6.45) is 1.68. The fourth-order valence-corrected chi connectivity index (χ4v) is 1.45. The summed E-state index contributed by atoms with van der Waals surface area (Å²) in [6.45, 7) is 0. The number of benzene rings is 1. The molecule has 5 heteroatoms. The number of anilines is 1. The van der Waals surface area contributed by atoms with Crippen molar-refractivity contribution in [1.29, 1.82) is 0 Å². The van der Waals surface area contributed by atoms with Crippen LogP contribution in [0.2, 0.25) is 5.02 Å². The number of nitrogens with zero attached hydrogens (tertiary/aromatic N) is 1. The first kappa shape index (κ1) is 9.05. The van der Waals surface area contributed by atoms with Crippen molar-refractivity contribution in [3.8, 4) is 11.3 Å². The molecule has 0 fully saturated rings. The third-order valence-electron chi connectivity index (χ3n) is 1.93. The van der Waals surface area contributed by atoms with E-state index in [4.69, 9.17) is 17.4 Å². The summed E-state index contributed by atoms with van der Waals surface area (Å²) >= 11 is 5.84. The summed E-state index contributed by atoms with van der Waals surface area (Å²) in [6, 6.07) is 7.31. The molecule has 0 aliphatic rings. The van der Waals surface area contributed by atoms with Crippen LogP contribution in [0.5, 0.6) is 0 Å². The van der Waals surface area contributed by atoms with Gasteiger partial charge in [0, 0.05) is 16.8 Å². The predicted octanol–water partition coefficient (Wildman–Crippen LogP) is 2.02. The number of aromatic nitrogens is 2. The van der Waals surface area contributed by atoms with E-state index < -0.39 is 0 Å². The summed E-state index contributed by atoms with van der Waals surface area (Å²) < 4.78 is 0. The van der Waals surface area contributed by atoms with Crippen molar-refractivity contribution in [3.05, 3.63) is 35.5 Å². The lowest BCUT2D eigenvalue weighted by Crippen LogP contribution is -2.07. The van der Waals surface area contributed by atoms with E-state index in [0.29, 0.717) is 5.02 Å². The van der Waals surface area contributed by atoms with Crippen LogP contribution in [0.25, 0.3) is 11.3 Å². The molecule has 0 spiro atoms. The molecule has 0 saturated carbocycles. The van der Waals surface area contributed by atoms with Gasteiger partial charge in [0.15, 0.2) is 0 Å². The van der Waals surface area contributed by atoms with Crippen LogP contribution >= 0.6 is 11.6 Å². The van der Waals surface area contributed by atoms with Crippen molar-refractivity contribution < 1.29 is 0 Å². The zero-order chi connectivity index (χ0) is 9.97. The maximum absolute atomic E-state index is 5.84. The van der Waals surface area contributed by atoms with E-state index >= 15 is 0 Å². The summed E-state index contributed by atoms with van der Waals surface area (Å²) in [4.78, 5) is 0. The van der Waals surface area contributed by atoms with E-state index in [-0.39, 0.29) is 0 Å². The van der Waals surface area contributed by atoms with Crippen molar-refractivity contribution in [3.63, 3.8) is 0 Å². The Kier molecular flexibility index (Phi) is 2.39. The smallest absolute Gasteiger partial charge is 0.0671 e. The highest BCUT2D eigenvalue weighted by Gasteiger charge is 2.05. The number of nitrogens with two attached hydrogens (primary N) is 1. The van der Waals surface area contributed by atoms with Gasteiger partial charge in [-0.25, -0.2) is 0 Å². The van der Waals surface area contributed by atoms with Gasteiger partial charge in [0.25, 0.3) is 0 Å². The van der Waals surface area contributed by atoms with Crippen molar-refractivity contribution >= 4 is 17.3 Å². The van der Waals surface area contributed by atoms with Gasteiger partial charge in [-0.1, -0.05) is 11.6 Å². The molecule has 0 radical (unpaired) electrons. The lowest BCUT2D eigenvalue weighted by atomic mass is 10.1. The molecule has 0 unspecified atom stereocenters. The van der Waals surface area contributed by atoms with Crippen molar-refractivity contribution in [1.82, 2.24) is 10.2 Å². The van der Waals surface area contributed by atoms with Crippen molar-refractivity contribution in [2.24, 2.45) is 5.84 Å². The molecule has 4 nitrogen and oxygen atoms in total. The minimum Gasteiger partial charge on any atom is -0.323 e. The first-order valence-electron chi connectivity index (χ1n) is 4.07. The Morgan fingerprint density at radius 3 is 2.86 bits per heavy atom. The van der Waals surface area contributed by atoms with E-state index in [1.807, 2.05) is 12.1 Å². The monoisotopic (exact) mass is 208 g/mol. The van der Waals surface area contributed by atoms with E-state index in [2.05, 4.69) is 15.6 Å². The highest BCUT2D eigenvalue weighted by atomic mass is 35.5. The fourth-order valence-electron chi connectivity index (χ4n) is 1.28. The molecule has 0 amide bonds. The highest BCUT2D eigenvalue weighted by Crippen LogP contribution is 2.28. The predicted molar refractivity (Wildman–Crippen MR) is 56.8 cm³/mol.